The van der Waals surface area contributed by atoms with Gasteiger partial charge in [0.2, 0.25) is 0 Å². The maximum Gasteiger partial charge on any atom is 0.363 e. The molecule has 0 bridgehead atoms. The Morgan fingerprint density at radius 1 is 1.13 bits per heavy atom. The second-order valence-electron chi connectivity index (χ2n) is 5.26. The van der Waals surface area contributed by atoms with E-state index in [2.05, 4.69) is 9.24 Å². The summed E-state index contributed by atoms with van der Waals surface area (Å²) in [6, 6.07) is 2.63. The van der Waals surface area contributed by atoms with E-state index in [1.54, 1.807) is 12.1 Å². The van der Waals surface area contributed by atoms with Gasteiger partial charge in [0, 0.05) is 5.66 Å². The lowest BCUT2D eigenvalue weighted by Crippen LogP contribution is -2.21. The van der Waals surface area contributed by atoms with Crippen LogP contribution in [0.25, 0.3) is 0 Å². The normalized spacial score (nSPS) is 13.7. The van der Waals surface area contributed by atoms with Crippen LogP contribution in [-0.4, -0.2) is 5.11 Å². The highest BCUT2D eigenvalue weighted by atomic mass is 31.0. The summed E-state index contributed by atoms with van der Waals surface area (Å²) in [5, 5.41) is 9.80. The van der Waals surface area contributed by atoms with E-state index in [4.69, 9.17) is 33.1 Å². The molecule has 8 nitrogen and oxygen atoms in total. The van der Waals surface area contributed by atoms with Gasteiger partial charge in [-0.15, -0.1) is 9.24 Å². The summed E-state index contributed by atoms with van der Waals surface area (Å²) >= 11 is 0. The quantitative estimate of drug-likeness (QED) is 0.347. The molecule has 3 atom stereocenters. The summed E-state index contributed by atoms with van der Waals surface area (Å²) < 4.78 is 5.06. The fraction of sp³-hybridized carbons (Fsp3) is 0.214. The van der Waals surface area contributed by atoms with Crippen LogP contribution < -0.4 is 34.3 Å². The van der Waals surface area contributed by atoms with Crippen LogP contribution in [-0.2, 0) is 0 Å². The molecule has 0 fully saturated rings. The molecule has 0 aliphatic rings. The molecule has 0 radical (unpaired) electrons. The van der Waals surface area contributed by atoms with Crippen LogP contribution in [0.15, 0.2) is 21.3 Å². The predicted molar refractivity (Wildman–Crippen MR) is 94.9 cm³/mol. The molecule has 1 aromatic heterocycles. The lowest BCUT2D eigenvalue weighted by molar-refractivity contribution is 0.407. The maximum absolute atomic E-state index is 11.6. The van der Waals surface area contributed by atoms with Crippen LogP contribution in [0.3, 0.4) is 0 Å². The Morgan fingerprint density at radius 2 is 1.74 bits per heavy atom. The topological polar surface area (TPSA) is 181 Å². The van der Waals surface area contributed by atoms with E-state index >= 15 is 0 Å². The molecule has 0 aliphatic heterocycles. The molecule has 2 rings (SSSR count). The van der Waals surface area contributed by atoms with Gasteiger partial charge in [0.1, 0.15) is 5.69 Å². The van der Waals surface area contributed by atoms with E-state index in [1.165, 1.54) is 0 Å². The zero-order chi connectivity index (χ0) is 17.5. The lowest BCUT2D eigenvalue weighted by atomic mass is 9.96. The zero-order valence-electron chi connectivity index (χ0n) is 12.5. The van der Waals surface area contributed by atoms with Crippen molar-refractivity contribution in [2.75, 3.05) is 22.9 Å². The fourth-order valence-corrected chi connectivity index (χ4v) is 2.84. The number of benzene rings is 1. The molecule has 0 saturated carbocycles. The molecule has 124 valence electrons. The van der Waals surface area contributed by atoms with Crippen LogP contribution in [0.5, 0.6) is 5.75 Å². The Bertz CT molecular complexity index is 821. The third kappa shape index (κ3) is 2.78. The molecule has 1 aromatic carbocycles. The third-order valence-corrected chi connectivity index (χ3v) is 4.61. The number of anilines is 4. The SMILES string of the molecule is Cc1c(C(P)C(N)c2oc(=O)c(N)c(O)c2N)ccc(N)c1N. The number of hydrogen-bond donors (Lipinski definition) is 6. The minimum atomic E-state index is -0.895. The van der Waals surface area contributed by atoms with E-state index < -0.39 is 23.1 Å². The first kappa shape index (κ1) is 16.9. The van der Waals surface area contributed by atoms with E-state index in [0.29, 0.717) is 11.4 Å². The van der Waals surface area contributed by atoms with Crippen LogP contribution in [0.4, 0.5) is 22.7 Å². The van der Waals surface area contributed by atoms with Crippen LogP contribution in [0.2, 0.25) is 0 Å². The Hall–Kier alpha value is -2.44. The molecule has 0 spiro atoms. The lowest BCUT2D eigenvalue weighted by Gasteiger charge is -2.23. The highest BCUT2D eigenvalue weighted by Crippen LogP contribution is 2.42. The smallest absolute Gasteiger partial charge is 0.363 e. The first-order valence-corrected chi connectivity index (χ1v) is 7.40. The number of rotatable bonds is 3. The van der Waals surface area contributed by atoms with Crippen LogP contribution in [0, 0.1) is 6.92 Å². The van der Waals surface area contributed by atoms with Gasteiger partial charge in [0.05, 0.1) is 17.4 Å². The molecule has 23 heavy (non-hydrogen) atoms. The molecule has 3 unspecified atom stereocenters. The summed E-state index contributed by atoms with van der Waals surface area (Å²) in [6.45, 7) is 1.81. The molecule has 1 heterocycles. The average molecular weight is 337 g/mol. The monoisotopic (exact) mass is 337 g/mol. The Labute approximate surface area is 134 Å². The van der Waals surface area contributed by atoms with Gasteiger partial charge in [-0.05, 0) is 24.1 Å². The summed E-state index contributed by atoms with van der Waals surface area (Å²) in [5.74, 6) is -0.575. The number of nitrogen functional groups attached to an aromatic ring is 4. The first-order valence-electron chi connectivity index (χ1n) is 6.73. The minimum Gasteiger partial charge on any atom is -0.504 e. The van der Waals surface area contributed by atoms with Gasteiger partial charge < -0.3 is 38.2 Å². The summed E-state index contributed by atoms with van der Waals surface area (Å²) in [4.78, 5) is 11.6. The predicted octanol–water partition coefficient (Wildman–Crippen LogP) is 0.599. The number of aromatic hydroxyl groups is 1. The van der Waals surface area contributed by atoms with Crippen LogP contribution >= 0.6 is 9.24 Å². The Morgan fingerprint density at radius 3 is 2.35 bits per heavy atom. The first-order chi connectivity index (χ1) is 10.7. The third-order valence-electron chi connectivity index (χ3n) is 3.84. The van der Waals surface area contributed by atoms with Crippen molar-refractivity contribution in [2.24, 2.45) is 5.73 Å². The molecule has 0 saturated heterocycles. The molecular formula is C14H20N5O3P. The van der Waals surface area contributed by atoms with Gasteiger partial charge in [0.25, 0.3) is 0 Å². The van der Waals surface area contributed by atoms with Crippen molar-refractivity contribution >= 4 is 32.0 Å². The van der Waals surface area contributed by atoms with Gasteiger partial charge in [-0.2, -0.15) is 0 Å². The second kappa shape index (κ2) is 5.98. The van der Waals surface area contributed by atoms with Gasteiger partial charge in [-0.25, -0.2) is 4.79 Å². The number of nitrogens with two attached hydrogens (primary N) is 5. The van der Waals surface area contributed by atoms with Crippen molar-refractivity contribution in [1.82, 2.24) is 0 Å². The van der Waals surface area contributed by atoms with E-state index in [9.17, 15) is 9.90 Å². The van der Waals surface area contributed by atoms with Gasteiger partial charge in [-0.3, -0.25) is 0 Å². The minimum absolute atomic E-state index is 0.0449. The summed E-state index contributed by atoms with van der Waals surface area (Å²) in [5.41, 5.74) is 29.6. The van der Waals surface area contributed by atoms with Crippen molar-refractivity contribution in [1.29, 1.82) is 0 Å². The van der Waals surface area contributed by atoms with Gasteiger partial charge in [-0.1, -0.05) is 6.07 Å². The summed E-state index contributed by atoms with van der Waals surface area (Å²) in [7, 11) is 2.55. The van der Waals surface area contributed by atoms with E-state index in [1.807, 2.05) is 6.92 Å². The molecule has 9 heteroatoms. The molecule has 0 amide bonds. The molecule has 2 aromatic rings. The van der Waals surface area contributed by atoms with Gasteiger partial charge in [0.15, 0.2) is 17.2 Å². The van der Waals surface area contributed by atoms with Crippen molar-refractivity contribution < 1.29 is 9.52 Å². The Balaban J connectivity index is 2.52. The highest BCUT2D eigenvalue weighted by Gasteiger charge is 2.27. The molecule has 0 aliphatic carbocycles. The highest BCUT2D eigenvalue weighted by molar-refractivity contribution is 7.17. The second-order valence-corrected chi connectivity index (χ2v) is 5.98. The van der Waals surface area contributed by atoms with Crippen LogP contribution in [0.1, 0.15) is 28.6 Å². The van der Waals surface area contributed by atoms with Crippen molar-refractivity contribution in [2.45, 2.75) is 18.6 Å². The maximum atomic E-state index is 11.6. The summed E-state index contributed by atoms with van der Waals surface area (Å²) in [6.07, 6.45) is 0. The molecule has 11 N–H and O–H groups in total. The standard InChI is InChI=1S/C14H20N5O3P/c1-4-5(2-3-6(15)7(4)16)13(23)10(19)12-8(17)11(20)9(18)14(21)22-12/h2-3,10,13,20H,15-19,23H2,1H3. The zero-order valence-corrected chi connectivity index (χ0v) is 13.7. The average Bonchev–Trinajstić information content (AvgIpc) is 2.53. The van der Waals surface area contributed by atoms with Crippen molar-refractivity contribution in [3.8, 4) is 5.75 Å². The molecular weight excluding hydrogens is 317 g/mol. The number of hydrogen-bond acceptors (Lipinski definition) is 8. The van der Waals surface area contributed by atoms with E-state index in [0.717, 1.165) is 11.1 Å². The van der Waals surface area contributed by atoms with Gasteiger partial charge >= 0.3 is 5.63 Å². The van der Waals surface area contributed by atoms with Crippen molar-refractivity contribution in [3.63, 3.8) is 0 Å². The fourth-order valence-electron chi connectivity index (χ4n) is 2.30. The Kier molecular flexibility index (Phi) is 4.40. The largest absolute Gasteiger partial charge is 0.504 e. The van der Waals surface area contributed by atoms with E-state index in [-0.39, 0.29) is 17.1 Å². The van der Waals surface area contributed by atoms with Crippen molar-refractivity contribution in [3.05, 3.63) is 39.4 Å².